The topological polar surface area (TPSA) is 0 Å². The Morgan fingerprint density at radius 3 is 2.00 bits per heavy atom. The van der Waals surface area contributed by atoms with Crippen LogP contribution in [0.5, 0.6) is 0 Å². The van der Waals surface area contributed by atoms with Crippen LogP contribution in [0.4, 0.5) is 0 Å². The third-order valence-corrected chi connectivity index (χ3v) is 4.12. The minimum absolute atomic E-state index is 0.780. The summed E-state index contributed by atoms with van der Waals surface area (Å²) >= 11 is 0. The van der Waals surface area contributed by atoms with Crippen molar-refractivity contribution >= 4 is 0 Å². The molecule has 0 amide bonds. The summed E-state index contributed by atoms with van der Waals surface area (Å²) in [7, 11) is 0. The third kappa shape index (κ3) is 4.84. The fraction of sp³-hybridized carbons (Fsp3) is 0.667. The van der Waals surface area contributed by atoms with Crippen molar-refractivity contribution in [1.82, 2.24) is 0 Å². The lowest BCUT2D eigenvalue weighted by atomic mass is 9.78. The molecule has 0 aliphatic heterocycles. The second kappa shape index (κ2) is 9.19. The van der Waals surface area contributed by atoms with Gasteiger partial charge in [-0.05, 0) is 30.2 Å². The molecule has 0 aromatic heterocycles. The van der Waals surface area contributed by atoms with Crippen LogP contribution in [0.1, 0.15) is 77.2 Å². The zero-order chi connectivity index (χ0) is 13.2. The highest BCUT2D eigenvalue weighted by molar-refractivity contribution is 5.20. The normalized spacial score (nSPS) is 14.4. The van der Waals surface area contributed by atoms with E-state index in [1.54, 1.807) is 5.56 Å². The van der Waals surface area contributed by atoms with Crippen LogP contribution in [-0.2, 0) is 0 Å². The van der Waals surface area contributed by atoms with Crippen molar-refractivity contribution < 1.29 is 0 Å². The molecule has 0 fully saturated rings. The molecule has 0 heteroatoms. The number of rotatable bonds is 9. The van der Waals surface area contributed by atoms with Gasteiger partial charge in [-0.3, -0.25) is 0 Å². The Balaban J connectivity index is 2.75. The van der Waals surface area contributed by atoms with E-state index in [0.717, 1.165) is 11.8 Å². The van der Waals surface area contributed by atoms with Crippen LogP contribution in [0.25, 0.3) is 0 Å². The summed E-state index contributed by atoms with van der Waals surface area (Å²) in [5.74, 6) is 1.65. The summed E-state index contributed by atoms with van der Waals surface area (Å²) in [6, 6.07) is 11.2. The Kier molecular flexibility index (Phi) is 7.80. The van der Waals surface area contributed by atoms with E-state index in [4.69, 9.17) is 0 Å². The van der Waals surface area contributed by atoms with Gasteiger partial charge in [0.2, 0.25) is 0 Å². The van der Waals surface area contributed by atoms with E-state index in [9.17, 15) is 0 Å². The van der Waals surface area contributed by atoms with Crippen molar-refractivity contribution in [2.24, 2.45) is 5.92 Å². The van der Waals surface area contributed by atoms with E-state index >= 15 is 0 Å². The Bertz CT molecular complexity index is 288. The van der Waals surface area contributed by atoms with Crippen molar-refractivity contribution in [2.45, 2.75) is 71.6 Å². The maximum atomic E-state index is 2.36. The maximum absolute atomic E-state index is 2.36. The molecule has 0 spiro atoms. The largest absolute Gasteiger partial charge is 0.0654 e. The molecule has 2 atom stereocenters. The first-order valence-electron chi connectivity index (χ1n) is 7.88. The zero-order valence-electron chi connectivity index (χ0n) is 12.5. The second-order valence-corrected chi connectivity index (χ2v) is 5.47. The molecule has 0 saturated carbocycles. The van der Waals surface area contributed by atoms with Gasteiger partial charge in [-0.1, -0.05) is 83.2 Å². The Hall–Kier alpha value is -0.780. The van der Waals surface area contributed by atoms with Crippen molar-refractivity contribution in [3.8, 4) is 0 Å². The molecule has 2 unspecified atom stereocenters. The molecule has 0 bridgehead atoms. The van der Waals surface area contributed by atoms with Crippen LogP contribution in [0.15, 0.2) is 30.3 Å². The minimum Gasteiger partial charge on any atom is -0.0654 e. The smallest absolute Gasteiger partial charge is 0.0134 e. The SMILES string of the molecule is CCCCC(CC)C(CCCC)c1ccccc1. The molecule has 18 heavy (non-hydrogen) atoms. The third-order valence-electron chi connectivity index (χ3n) is 4.12. The molecule has 1 aromatic carbocycles. The summed E-state index contributed by atoms with van der Waals surface area (Å²) in [5, 5.41) is 0. The first kappa shape index (κ1) is 15.3. The fourth-order valence-electron chi connectivity index (χ4n) is 2.95. The van der Waals surface area contributed by atoms with E-state index in [-0.39, 0.29) is 0 Å². The summed E-state index contributed by atoms with van der Waals surface area (Å²) in [4.78, 5) is 0. The highest BCUT2D eigenvalue weighted by atomic mass is 14.2. The average molecular weight is 246 g/mol. The number of benzene rings is 1. The molecular weight excluding hydrogens is 216 g/mol. The molecule has 0 N–H and O–H groups in total. The molecule has 0 saturated heterocycles. The molecule has 0 nitrogen and oxygen atoms in total. The van der Waals surface area contributed by atoms with Crippen LogP contribution in [0.2, 0.25) is 0 Å². The molecule has 0 aliphatic rings. The van der Waals surface area contributed by atoms with Gasteiger partial charge in [0.15, 0.2) is 0 Å². The molecule has 1 aromatic rings. The molecule has 0 heterocycles. The quantitative estimate of drug-likeness (QED) is 0.488. The average Bonchev–Trinajstić information content (AvgIpc) is 2.43. The van der Waals surface area contributed by atoms with Crippen molar-refractivity contribution in [1.29, 1.82) is 0 Å². The Morgan fingerprint density at radius 2 is 1.44 bits per heavy atom. The van der Waals surface area contributed by atoms with E-state index in [1.165, 1.54) is 44.9 Å². The lowest BCUT2D eigenvalue weighted by molar-refractivity contribution is 0.349. The number of hydrogen-bond acceptors (Lipinski definition) is 0. The van der Waals surface area contributed by atoms with Gasteiger partial charge in [-0.15, -0.1) is 0 Å². The molecule has 1 rings (SSSR count). The van der Waals surface area contributed by atoms with Gasteiger partial charge in [-0.2, -0.15) is 0 Å². The van der Waals surface area contributed by atoms with Gasteiger partial charge >= 0.3 is 0 Å². The Labute approximate surface area is 114 Å². The van der Waals surface area contributed by atoms with Gasteiger partial charge in [0, 0.05) is 0 Å². The van der Waals surface area contributed by atoms with Crippen LogP contribution >= 0.6 is 0 Å². The fourth-order valence-corrected chi connectivity index (χ4v) is 2.95. The maximum Gasteiger partial charge on any atom is -0.0134 e. The van der Waals surface area contributed by atoms with Gasteiger partial charge in [0.25, 0.3) is 0 Å². The van der Waals surface area contributed by atoms with Crippen LogP contribution in [0, 0.1) is 5.92 Å². The van der Waals surface area contributed by atoms with Crippen LogP contribution in [-0.4, -0.2) is 0 Å². The summed E-state index contributed by atoms with van der Waals surface area (Å²) in [6.07, 6.45) is 9.47. The molecule has 102 valence electrons. The van der Waals surface area contributed by atoms with E-state index < -0.39 is 0 Å². The van der Waals surface area contributed by atoms with Gasteiger partial charge in [0.1, 0.15) is 0 Å². The highest BCUT2D eigenvalue weighted by Gasteiger charge is 2.20. The van der Waals surface area contributed by atoms with Gasteiger partial charge in [0.05, 0.1) is 0 Å². The lowest BCUT2D eigenvalue weighted by Crippen LogP contribution is -2.12. The van der Waals surface area contributed by atoms with Crippen LogP contribution in [0.3, 0.4) is 0 Å². The highest BCUT2D eigenvalue weighted by Crippen LogP contribution is 2.35. The van der Waals surface area contributed by atoms with Gasteiger partial charge in [-0.25, -0.2) is 0 Å². The van der Waals surface area contributed by atoms with E-state index in [1.807, 2.05) is 0 Å². The predicted molar refractivity (Wildman–Crippen MR) is 82.0 cm³/mol. The second-order valence-electron chi connectivity index (χ2n) is 5.47. The van der Waals surface area contributed by atoms with Crippen LogP contribution < -0.4 is 0 Å². The van der Waals surface area contributed by atoms with E-state index in [0.29, 0.717) is 0 Å². The first-order valence-corrected chi connectivity index (χ1v) is 7.88. The minimum atomic E-state index is 0.780. The number of unbranched alkanes of at least 4 members (excludes halogenated alkanes) is 2. The monoisotopic (exact) mass is 246 g/mol. The first-order chi connectivity index (χ1) is 8.83. The van der Waals surface area contributed by atoms with Crippen molar-refractivity contribution in [3.05, 3.63) is 35.9 Å². The molecule has 0 aliphatic carbocycles. The molecular formula is C18H30. The Morgan fingerprint density at radius 1 is 0.833 bits per heavy atom. The summed E-state index contributed by atoms with van der Waals surface area (Å²) in [5.41, 5.74) is 1.56. The zero-order valence-corrected chi connectivity index (χ0v) is 12.5. The standard InChI is InChI=1S/C18H30/c1-4-7-12-16(6-3)18(15-8-5-2)17-13-10-9-11-14-17/h9-11,13-14,16,18H,4-8,12,15H2,1-3H3. The van der Waals surface area contributed by atoms with Crippen molar-refractivity contribution in [2.75, 3.05) is 0 Å². The summed E-state index contributed by atoms with van der Waals surface area (Å²) < 4.78 is 0. The molecule has 0 radical (unpaired) electrons. The van der Waals surface area contributed by atoms with E-state index in [2.05, 4.69) is 51.1 Å². The van der Waals surface area contributed by atoms with Gasteiger partial charge < -0.3 is 0 Å². The lowest BCUT2D eigenvalue weighted by Gasteiger charge is -2.27. The summed E-state index contributed by atoms with van der Waals surface area (Å²) in [6.45, 7) is 6.97. The number of hydrogen-bond donors (Lipinski definition) is 0. The predicted octanol–water partition coefficient (Wildman–Crippen LogP) is 6.18. The van der Waals surface area contributed by atoms with Crippen molar-refractivity contribution in [3.63, 3.8) is 0 Å².